The van der Waals surface area contributed by atoms with Gasteiger partial charge in [0.05, 0.1) is 11.0 Å². The van der Waals surface area contributed by atoms with E-state index in [0.717, 1.165) is 27.3 Å². The lowest BCUT2D eigenvalue weighted by molar-refractivity contribution is 0.670. The van der Waals surface area contributed by atoms with Crippen LogP contribution >= 0.6 is 0 Å². The lowest BCUT2D eigenvalue weighted by atomic mass is 9.83. The summed E-state index contributed by atoms with van der Waals surface area (Å²) >= 11 is 0. The van der Waals surface area contributed by atoms with Crippen LogP contribution in [0.1, 0.15) is 11.0 Å². The zero-order valence-electron chi connectivity index (χ0n) is 30.8. The van der Waals surface area contributed by atoms with E-state index in [-0.39, 0.29) is 45.7 Å². The minimum atomic E-state index is -0.438. The molecule has 0 spiro atoms. The number of hydrogen-bond donors (Lipinski definition) is 0. The van der Waals surface area contributed by atoms with Gasteiger partial charge >= 0.3 is 0 Å². The van der Waals surface area contributed by atoms with Crippen molar-refractivity contribution in [3.63, 3.8) is 0 Å². The van der Waals surface area contributed by atoms with Crippen LogP contribution in [-0.2, 0) is 0 Å². The highest BCUT2D eigenvalue weighted by molar-refractivity contribution is 6.27. The Kier molecular flexibility index (Phi) is 3.80. The first-order chi connectivity index (χ1) is 24.7. The monoisotopic (exact) mass is 554 g/mol. The Morgan fingerprint density at radius 2 is 0.977 bits per heavy atom. The van der Waals surface area contributed by atoms with E-state index in [1.165, 1.54) is 0 Å². The normalized spacial score (nSPS) is 14.3. The summed E-state index contributed by atoms with van der Waals surface area (Å²) in [5.41, 5.74) is 4.65. The Morgan fingerprint density at radius 3 is 1.70 bits per heavy atom. The van der Waals surface area contributed by atoms with Gasteiger partial charge in [0.1, 0.15) is 11.2 Å². The molecule has 43 heavy (non-hydrogen) atoms. The minimum Gasteiger partial charge on any atom is -0.455 e. The molecule has 0 bridgehead atoms. The lowest BCUT2D eigenvalue weighted by Gasteiger charge is -2.19. The molecule has 200 valence electrons. The molecule has 0 atom stereocenters. The molecular formula is C42H26O. The summed E-state index contributed by atoms with van der Waals surface area (Å²) in [4.78, 5) is 0. The number of furan rings is 1. The number of para-hydroxylation sites is 1. The minimum absolute atomic E-state index is 0.167. The van der Waals surface area contributed by atoms with Gasteiger partial charge in [-0.15, -0.1) is 0 Å². The van der Waals surface area contributed by atoms with Gasteiger partial charge in [0.25, 0.3) is 0 Å². The van der Waals surface area contributed by atoms with Crippen LogP contribution in [-0.4, -0.2) is 0 Å². The van der Waals surface area contributed by atoms with Crippen LogP contribution < -0.4 is 0 Å². The Balaban J connectivity index is 1.60. The van der Waals surface area contributed by atoms with Crippen molar-refractivity contribution in [2.75, 3.05) is 0 Å². The highest BCUT2D eigenvalue weighted by atomic mass is 16.3. The van der Waals surface area contributed by atoms with Gasteiger partial charge in [-0.2, -0.15) is 0 Å². The van der Waals surface area contributed by atoms with Gasteiger partial charge < -0.3 is 4.42 Å². The number of benzene rings is 8. The third-order valence-corrected chi connectivity index (χ3v) is 8.31. The van der Waals surface area contributed by atoms with E-state index in [9.17, 15) is 5.48 Å². The molecule has 0 radical (unpaired) electrons. The molecule has 0 fully saturated rings. The molecule has 0 aliphatic rings. The van der Waals surface area contributed by atoms with Crippen LogP contribution in [0.4, 0.5) is 0 Å². The molecule has 1 heteroatoms. The summed E-state index contributed by atoms with van der Waals surface area (Å²) < 4.78 is 79.6. The van der Waals surface area contributed by atoms with Gasteiger partial charge in [-0.05, 0) is 72.3 Å². The smallest absolute Gasteiger partial charge is 0.143 e. The van der Waals surface area contributed by atoms with Crippen LogP contribution in [0, 0.1) is 0 Å². The summed E-state index contributed by atoms with van der Waals surface area (Å²) in [6.45, 7) is 0. The molecule has 1 aromatic heterocycles. The maximum Gasteiger partial charge on any atom is 0.143 e. The van der Waals surface area contributed by atoms with Crippen molar-refractivity contribution in [3.05, 3.63) is 158 Å². The predicted octanol–water partition coefficient (Wildman–Crippen LogP) is 12.0. The average molecular weight is 555 g/mol. The highest BCUT2D eigenvalue weighted by Gasteiger charge is 2.22. The lowest BCUT2D eigenvalue weighted by Crippen LogP contribution is -1.92. The Labute approximate surface area is 260 Å². The largest absolute Gasteiger partial charge is 0.455 e. The molecule has 0 unspecified atom stereocenters. The van der Waals surface area contributed by atoms with Gasteiger partial charge in [0, 0.05) is 16.3 Å². The van der Waals surface area contributed by atoms with Gasteiger partial charge in [-0.1, -0.05) is 145 Å². The number of fused-ring (bicyclic) bond motifs is 6. The van der Waals surface area contributed by atoms with E-state index < -0.39 is 24.2 Å². The fraction of sp³-hybridized carbons (Fsp3) is 0. The van der Waals surface area contributed by atoms with Gasteiger partial charge in [-0.25, -0.2) is 0 Å². The maximum atomic E-state index is 9.44. The fourth-order valence-electron chi connectivity index (χ4n) is 6.49. The maximum absolute atomic E-state index is 9.44. The summed E-state index contributed by atoms with van der Waals surface area (Å²) in [6.07, 6.45) is 0. The third-order valence-electron chi connectivity index (χ3n) is 8.31. The SMILES string of the molecule is [2H]c1c([2H])c([2H])c2c(-c3ccc(-c4ccccc4)c4oc5ccccc5c34)c3c([2H])c([2H])c([2H])c([2H])c3c(-c3cccc4ccccc34)c2c1[2H]. The first-order valence-electron chi connectivity index (χ1n) is 18.1. The second-order valence-corrected chi connectivity index (χ2v) is 10.6. The van der Waals surface area contributed by atoms with Crippen molar-refractivity contribution in [1.29, 1.82) is 0 Å². The second kappa shape index (κ2) is 9.44. The molecule has 0 saturated heterocycles. The topological polar surface area (TPSA) is 13.1 Å². The standard InChI is InChI=1S/C42H26O/c1-2-13-28(14-3-1)30-25-26-37(41-36-22-10-11-24-38(36)43-42(30)41)40-34-20-8-6-18-32(34)39(33-19-7-9-21-35(33)40)31-23-12-16-27-15-4-5-17-29(27)31/h1-26H/i6D,7D,8D,9D,18D,19D,20D,21D. The molecular weight excluding hydrogens is 520 g/mol. The van der Waals surface area contributed by atoms with E-state index in [2.05, 4.69) is 0 Å². The third kappa shape index (κ3) is 3.58. The number of rotatable bonds is 3. The van der Waals surface area contributed by atoms with E-state index in [4.69, 9.17) is 9.90 Å². The molecule has 0 N–H and O–H groups in total. The van der Waals surface area contributed by atoms with Crippen LogP contribution in [0.5, 0.6) is 0 Å². The molecule has 9 rings (SSSR count). The number of hydrogen-bond acceptors (Lipinski definition) is 1. The zero-order chi connectivity index (χ0) is 35.3. The highest BCUT2D eigenvalue weighted by Crippen LogP contribution is 2.49. The van der Waals surface area contributed by atoms with E-state index in [1.807, 2.05) is 109 Å². The summed E-state index contributed by atoms with van der Waals surface area (Å²) in [7, 11) is 0. The fourth-order valence-corrected chi connectivity index (χ4v) is 6.49. The van der Waals surface area contributed by atoms with Crippen LogP contribution in [0.2, 0.25) is 0 Å². The molecule has 0 aliphatic carbocycles. The van der Waals surface area contributed by atoms with Crippen molar-refractivity contribution < 1.29 is 15.4 Å². The van der Waals surface area contributed by atoms with E-state index >= 15 is 0 Å². The van der Waals surface area contributed by atoms with E-state index in [0.29, 0.717) is 38.8 Å². The Bertz CT molecular complexity index is 2860. The molecule has 8 aromatic carbocycles. The van der Waals surface area contributed by atoms with Crippen molar-refractivity contribution in [1.82, 2.24) is 0 Å². The van der Waals surface area contributed by atoms with Gasteiger partial charge in [-0.3, -0.25) is 0 Å². The predicted molar refractivity (Wildman–Crippen MR) is 183 cm³/mol. The Morgan fingerprint density at radius 1 is 0.419 bits per heavy atom. The van der Waals surface area contributed by atoms with Gasteiger partial charge in [0.2, 0.25) is 0 Å². The molecule has 9 aromatic rings. The van der Waals surface area contributed by atoms with Crippen molar-refractivity contribution in [2.24, 2.45) is 0 Å². The Hall–Kier alpha value is -5.66. The summed E-state index contributed by atoms with van der Waals surface area (Å²) in [5, 5.41) is 3.79. The van der Waals surface area contributed by atoms with Crippen molar-refractivity contribution in [2.45, 2.75) is 0 Å². The molecule has 0 aliphatic heterocycles. The van der Waals surface area contributed by atoms with Crippen molar-refractivity contribution >= 4 is 54.3 Å². The summed E-state index contributed by atoms with van der Waals surface area (Å²) in [6, 6.07) is 31.5. The van der Waals surface area contributed by atoms with Gasteiger partial charge in [0.15, 0.2) is 0 Å². The first kappa shape index (κ1) is 17.3. The molecule has 1 nitrogen and oxygen atoms in total. The molecule has 1 heterocycles. The second-order valence-electron chi connectivity index (χ2n) is 10.6. The quantitative estimate of drug-likeness (QED) is 0.198. The van der Waals surface area contributed by atoms with Crippen LogP contribution in [0.15, 0.2) is 162 Å². The molecule has 0 amide bonds. The van der Waals surface area contributed by atoms with Crippen LogP contribution in [0.25, 0.3) is 87.6 Å². The van der Waals surface area contributed by atoms with E-state index in [1.54, 1.807) is 0 Å². The zero-order valence-corrected chi connectivity index (χ0v) is 22.8. The van der Waals surface area contributed by atoms with Crippen molar-refractivity contribution in [3.8, 4) is 33.4 Å². The average Bonchev–Trinajstić information content (AvgIpc) is 3.56. The van der Waals surface area contributed by atoms with Crippen LogP contribution in [0.3, 0.4) is 0 Å². The summed E-state index contributed by atoms with van der Waals surface area (Å²) in [5.74, 6) is 0. The molecule has 0 saturated carbocycles. The first-order valence-corrected chi connectivity index (χ1v) is 14.1.